The monoisotopic (exact) mass is 828 g/mol. The Balaban J connectivity index is 0.000000196. The number of aromatic amines is 1. The molecule has 0 amide bonds. The predicted octanol–water partition coefficient (Wildman–Crippen LogP) is 11.0. The van der Waals surface area contributed by atoms with Crippen LogP contribution in [0.15, 0.2) is 42.0 Å². The van der Waals surface area contributed by atoms with E-state index in [0.717, 1.165) is 48.1 Å². The van der Waals surface area contributed by atoms with Gasteiger partial charge in [-0.05, 0) is 112 Å². The molecule has 0 spiro atoms. The SMILES string of the molecule is CC1CCC(CCP)CC1.Clc1nccnc1Cl.O=c1[nH]ccnc1CC1CCC(CCP)CC1.PCCC1CCC(Cc2nccnc2Cl)CC1. The Bertz CT molecular complexity index is 1410. The van der Waals surface area contributed by atoms with Crippen molar-refractivity contribution < 1.29 is 0 Å². The van der Waals surface area contributed by atoms with Crippen LogP contribution in [-0.4, -0.2) is 48.4 Å². The molecule has 3 aromatic rings. The van der Waals surface area contributed by atoms with Gasteiger partial charge in [0.15, 0.2) is 10.3 Å². The summed E-state index contributed by atoms with van der Waals surface area (Å²) in [5.41, 5.74) is 1.67. The van der Waals surface area contributed by atoms with Crippen LogP contribution in [0, 0.1) is 35.5 Å². The highest BCUT2D eigenvalue weighted by Crippen LogP contribution is 2.34. The molecule has 290 valence electrons. The summed E-state index contributed by atoms with van der Waals surface area (Å²) in [4.78, 5) is 34.1. The second kappa shape index (κ2) is 26.9. The summed E-state index contributed by atoms with van der Waals surface area (Å²) in [6.45, 7) is 2.39. The summed E-state index contributed by atoms with van der Waals surface area (Å²) >= 11 is 16.9. The van der Waals surface area contributed by atoms with Crippen LogP contribution in [0.5, 0.6) is 0 Å². The largest absolute Gasteiger partial charge is 0.326 e. The Morgan fingerprint density at radius 1 is 0.538 bits per heavy atom. The van der Waals surface area contributed by atoms with Crippen LogP contribution in [0.1, 0.15) is 115 Å². The van der Waals surface area contributed by atoms with Gasteiger partial charge in [-0.1, -0.05) is 93.1 Å². The topological polar surface area (TPSA) is 97.3 Å². The number of nitrogens with one attached hydrogen (secondary N) is 1. The third-order valence-electron chi connectivity index (χ3n) is 10.9. The molecule has 0 aliphatic heterocycles. The fraction of sp³-hybridized carbons (Fsp3) is 0.692. The van der Waals surface area contributed by atoms with Crippen LogP contribution in [0.2, 0.25) is 15.5 Å². The number of hydrogen-bond acceptors (Lipinski definition) is 6. The quantitative estimate of drug-likeness (QED) is 0.204. The minimum Gasteiger partial charge on any atom is -0.326 e. The first-order valence-corrected chi connectivity index (χ1v) is 23.0. The van der Waals surface area contributed by atoms with Crippen molar-refractivity contribution in [1.29, 1.82) is 0 Å². The van der Waals surface area contributed by atoms with E-state index in [1.807, 2.05) is 0 Å². The lowest BCUT2D eigenvalue weighted by Crippen LogP contribution is -2.21. The first kappa shape index (κ1) is 45.6. The van der Waals surface area contributed by atoms with Crippen LogP contribution >= 0.6 is 62.5 Å². The minimum atomic E-state index is -0.0143. The summed E-state index contributed by atoms with van der Waals surface area (Å²) in [7, 11) is 8.49. The highest BCUT2D eigenvalue weighted by molar-refractivity contribution is 7.16. The van der Waals surface area contributed by atoms with E-state index in [1.54, 1.807) is 24.8 Å². The number of halogens is 3. The van der Waals surface area contributed by atoms with Crippen LogP contribution in [-0.2, 0) is 12.8 Å². The molecule has 7 nitrogen and oxygen atoms in total. The fourth-order valence-corrected chi connectivity index (χ4v) is 9.45. The van der Waals surface area contributed by atoms with Gasteiger partial charge in [-0.3, -0.25) is 14.8 Å². The normalized spacial score (nSPS) is 24.2. The van der Waals surface area contributed by atoms with Gasteiger partial charge in [-0.2, -0.15) is 0 Å². The summed E-state index contributed by atoms with van der Waals surface area (Å²) in [5.74, 6) is 5.35. The van der Waals surface area contributed by atoms with Gasteiger partial charge in [0.2, 0.25) is 0 Å². The molecule has 3 aliphatic rings. The van der Waals surface area contributed by atoms with Crippen LogP contribution in [0.4, 0.5) is 0 Å². The molecule has 13 heteroatoms. The first-order chi connectivity index (χ1) is 25.2. The highest BCUT2D eigenvalue weighted by atomic mass is 35.5. The number of aromatic nitrogens is 6. The van der Waals surface area contributed by atoms with Gasteiger partial charge in [0.1, 0.15) is 10.8 Å². The van der Waals surface area contributed by atoms with Gasteiger partial charge >= 0.3 is 0 Å². The predicted molar refractivity (Wildman–Crippen MR) is 231 cm³/mol. The summed E-state index contributed by atoms with van der Waals surface area (Å²) < 4.78 is 0. The molecule has 0 bridgehead atoms. The Morgan fingerprint density at radius 2 is 0.904 bits per heavy atom. The van der Waals surface area contributed by atoms with E-state index in [4.69, 9.17) is 34.8 Å². The molecule has 0 aromatic carbocycles. The number of nitrogens with zero attached hydrogens (tertiary/aromatic N) is 5. The molecule has 3 atom stereocenters. The number of H-pyrrole nitrogens is 1. The van der Waals surface area contributed by atoms with Gasteiger partial charge in [0, 0.05) is 37.2 Å². The average Bonchev–Trinajstić information content (AvgIpc) is 3.15. The van der Waals surface area contributed by atoms with Crippen molar-refractivity contribution in [2.24, 2.45) is 35.5 Å². The Hall–Kier alpha value is -0.800. The zero-order chi connectivity index (χ0) is 37.6. The van der Waals surface area contributed by atoms with Crippen LogP contribution in [0.25, 0.3) is 0 Å². The van der Waals surface area contributed by atoms with Crippen molar-refractivity contribution in [2.45, 2.75) is 116 Å². The van der Waals surface area contributed by atoms with Gasteiger partial charge < -0.3 is 4.98 Å². The van der Waals surface area contributed by atoms with Gasteiger partial charge in [0.25, 0.3) is 5.56 Å². The third-order valence-corrected chi connectivity index (χ3v) is 12.8. The lowest BCUT2D eigenvalue weighted by molar-refractivity contribution is 0.267. The van der Waals surface area contributed by atoms with Crippen LogP contribution < -0.4 is 5.56 Å². The minimum absolute atomic E-state index is 0.0143. The van der Waals surface area contributed by atoms with E-state index in [-0.39, 0.29) is 15.9 Å². The van der Waals surface area contributed by atoms with E-state index in [2.05, 4.69) is 64.5 Å². The fourth-order valence-electron chi connectivity index (χ4n) is 7.64. The van der Waals surface area contributed by atoms with E-state index < -0.39 is 0 Å². The third kappa shape index (κ3) is 18.2. The summed E-state index contributed by atoms with van der Waals surface area (Å²) in [5, 5.41) is 1.07. The molecule has 6 rings (SSSR count). The molecule has 0 radical (unpaired) electrons. The Labute approximate surface area is 335 Å². The maximum absolute atomic E-state index is 11.5. The van der Waals surface area contributed by atoms with Crippen molar-refractivity contribution in [3.8, 4) is 0 Å². The highest BCUT2D eigenvalue weighted by Gasteiger charge is 2.23. The number of hydrogen-bond donors (Lipinski definition) is 1. The van der Waals surface area contributed by atoms with Gasteiger partial charge in [0.05, 0.1) is 5.69 Å². The van der Waals surface area contributed by atoms with E-state index in [1.165, 1.54) is 127 Å². The molecular weight excluding hydrogens is 768 g/mol. The van der Waals surface area contributed by atoms with E-state index in [9.17, 15) is 4.79 Å². The molecule has 3 aliphatic carbocycles. The van der Waals surface area contributed by atoms with Gasteiger partial charge in [-0.25, -0.2) is 15.0 Å². The zero-order valence-corrected chi connectivity index (χ0v) is 36.8. The second-order valence-corrected chi connectivity index (χ2v) is 17.6. The van der Waals surface area contributed by atoms with Crippen LogP contribution in [0.3, 0.4) is 0 Å². The molecule has 3 aromatic heterocycles. The van der Waals surface area contributed by atoms with Crippen molar-refractivity contribution in [2.75, 3.05) is 18.5 Å². The van der Waals surface area contributed by atoms with Crippen molar-refractivity contribution in [3.05, 3.63) is 74.4 Å². The maximum atomic E-state index is 11.5. The van der Waals surface area contributed by atoms with E-state index >= 15 is 0 Å². The number of rotatable bonds is 10. The molecule has 3 heterocycles. The van der Waals surface area contributed by atoms with Crippen molar-refractivity contribution in [3.63, 3.8) is 0 Å². The lowest BCUT2D eigenvalue weighted by atomic mass is 9.79. The van der Waals surface area contributed by atoms with E-state index in [0.29, 0.717) is 16.8 Å². The van der Waals surface area contributed by atoms with Crippen molar-refractivity contribution >= 4 is 62.5 Å². The Morgan fingerprint density at radius 3 is 1.31 bits per heavy atom. The first-order valence-electron chi connectivity index (χ1n) is 19.4. The maximum Gasteiger partial charge on any atom is 0.269 e. The molecule has 3 saturated carbocycles. The standard InChI is InChI=1S/C13H20ClN2P.C13H21N2OP.C9H19P.C4H2Cl2N2/c14-13-12(15-6-7-16-13)9-11-3-1-10(2-4-11)5-8-17;16-13-12(14-6-7-15-13)9-11-3-1-10(2-4-11)5-8-17;1-8-2-4-9(5-3-8)6-7-10;5-3-4(6)8-2-1-7-3/h6-7,10-11H,1-5,8-9,17H2;6-7,10-11H,1-5,8-9,17H2,(H,15,16);8-9H,2-7,10H2,1H3;1-2H. The molecule has 3 unspecified atom stereocenters. The smallest absolute Gasteiger partial charge is 0.269 e. The molecule has 0 saturated heterocycles. The average molecular weight is 830 g/mol. The summed E-state index contributed by atoms with van der Waals surface area (Å²) in [6, 6.07) is 0. The molecule has 3 fully saturated rings. The lowest BCUT2D eigenvalue weighted by Gasteiger charge is -2.28. The van der Waals surface area contributed by atoms with Crippen molar-refractivity contribution in [1.82, 2.24) is 29.9 Å². The molecular formula is C39H62Cl3N6OP3. The second-order valence-electron chi connectivity index (χ2n) is 14.8. The molecule has 52 heavy (non-hydrogen) atoms. The molecule has 1 N–H and O–H groups in total. The zero-order valence-electron chi connectivity index (χ0n) is 31.1. The Kier molecular flexibility index (Phi) is 23.6. The van der Waals surface area contributed by atoms with Gasteiger partial charge in [-0.15, -0.1) is 27.7 Å². The summed E-state index contributed by atoms with van der Waals surface area (Å²) in [6.07, 6.45) is 35.9.